The van der Waals surface area contributed by atoms with Gasteiger partial charge in [0.05, 0.1) is 18.1 Å². The van der Waals surface area contributed by atoms with E-state index in [0.717, 1.165) is 37.7 Å². The van der Waals surface area contributed by atoms with Gasteiger partial charge < -0.3 is 10.2 Å². The molecule has 0 bridgehead atoms. The fourth-order valence-corrected chi connectivity index (χ4v) is 2.61. The molecular weight excluding hydrogens is 193 g/mol. The molecule has 2 fully saturated rings. The number of anilines is 1. The van der Waals surface area contributed by atoms with Gasteiger partial charge in [-0.3, -0.25) is 4.98 Å². The number of nitrogens with zero attached hydrogens (tertiary/aromatic N) is 2. The molecule has 0 saturated carbocycles. The van der Waals surface area contributed by atoms with E-state index in [1.807, 2.05) is 0 Å². The van der Waals surface area contributed by atoms with Crippen LogP contribution in [0.3, 0.4) is 0 Å². The van der Waals surface area contributed by atoms with Crippen molar-refractivity contribution >= 4 is 5.69 Å². The van der Waals surface area contributed by atoms with E-state index in [0.29, 0.717) is 6.04 Å². The second-order valence-electron chi connectivity index (χ2n) is 4.33. The lowest BCUT2D eigenvalue weighted by Gasteiger charge is -2.52. The summed E-state index contributed by atoms with van der Waals surface area (Å²) in [6, 6.07) is 2.17. The summed E-state index contributed by atoms with van der Waals surface area (Å²) in [6.07, 6.45) is 4.16. The van der Waals surface area contributed by atoms with Gasteiger partial charge in [0, 0.05) is 31.1 Å². The van der Waals surface area contributed by atoms with Gasteiger partial charge in [0.1, 0.15) is 5.82 Å². The van der Waals surface area contributed by atoms with E-state index < -0.39 is 0 Å². The highest BCUT2D eigenvalue weighted by molar-refractivity contribution is 5.49. The molecule has 0 aromatic carbocycles. The molecule has 3 nitrogen and oxygen atoms in total. The van der Waals surface area contributed by atoms with Gasteiger partial charge in [-0.1, -0.05) is 0 Å². The van der Waals surface area contributed by atoms with Crippen LogP contribution in [0.1, 0.15) is 6.42 Å². The van der Waals surface area contributed by atoms with Crippen LogP contribution in [-0.2, 0) is 0 Å². The maximum Gasteiger partial charge on any atom is 0.143 e. The molecule has 4 heteroatoms. The molecule has 1 aromatic heterocycles. The van der Waals surface area contributed by atoms with Gasteiger partial charge in [-0.2, -0.15) is 0 Å². The third-order valence-corrected chi connectivity index (χ3v) is 3.42. The predicted octanol–water partition coefficient (Wildman–Crippen LogP) is 1.02. The maximum absolute atomic E-state index is 13.0. The van der Waals surface area contributed by atoms with Crippen LogP contribution in [-0.4, -0.2) is 30.7 Å². The molecular formula is C11H14FN3. The molecule has 80 valence electrons. The number of nitrogens with one attached hydrogen (secondary N) is 1. The summed E-state index contributed by atoms with van der Waals surface area (Å²) in [5.41, 5.74) is 0.929. The van der Waals surface area contributed by atoms with Gasteiger partial charge in [-0.15, -0.1) is 0 Å². The Morgan fingerprint density at radius 3 is 3.20 bits per heavy atom. The van der Waals surface area contributed by atoms with E-state index in [1.54, 1.807) is 12.3 Å². The first-order valence-electron chi connectivity index (χ1n) is 5.42. The first-order chi connectivity index (χ1) is 7.34. The highest BCUT2D eigenvalue weighted by Crippen LogP contribution is 2.33. The third-order valence-electron chi connectivity index (χ3n) is 3.42. The summed E-state index contributed by atoms with van der Waals surface area (Å²) in [5, 5.41) is 3.38. The lowest BCUT2D eigenvalue weighted by atomic mass is 9.83. The zero-order valence-electron chi connectivity index (χ0n) is 8.49. The van der Waals surface area contributed by atoms with Crippen molar-refractivity contribution in [1.82, 2.24) is 10.3 Å². The van der Waals surface area contributed by atoms with Crippen LogP contribution in [0.15, 0.2) is 18.5 Å². The fourth-order valence-electron chi connectivity index (χ4n) is 2.61. The van der Waals surface area contributed by atoms with Crippen molar-refractivity contribution in [1.29, 1.82) is 0 Å². The highest BCUT2D eigenvalue weighted by atomic mass is 19.1. The number of halogens is 1. The van der Waals surface area contributed by atoms with Crippen LogP contribution in [0.2, 0.25) is 0 Å². The van der Waals surface area contributed by atoms with E-state index in [1.165, 1.54) is 6.20 Å². The Kier molecular flexibility index (Phi) is 2.09. The molecule has 0 amide bonds. The average Bonchev–Trinajstić information content (AvgIpc) is 2.20. The second-order valence-corrected chi connectivity index (χ2v) is 4.33. The van der Waals surface area contributed by atoms with Gasteiger partial charge in [0.25, 0.3) is 0 Å². The molecule has 0 aliphatic carbocycles. The van der Waals surface area contributed by atoms with Gasteiger partial charge in [0.2, 0.25) is 0 Å². The summed E-state index contributed by atoms with van der Waals surface area (Å²) < 4.78 is 13.0. The van der Waals surface area contributed by atoms with Gasteiger partial charge in [-0.25, -0.2) is 4.39 Å². The van der Waals surface area contributed by atoms with E-state index in [2.05, 4.69) is 15.2 Å². The summed E-state index contributed by atoms with van der Waals surface area (Å²) in [7, 11) is 0. The fraction of sp³-hybridized carbons (Fsp3) is 0.545. The van der Waals surface area contributed by atoms with Crippen molar-refractivity contribution in [2.75, 3.05) is 24.5 Å². The van der Waals surface area contributed by atoms with Gasteiger partial charge in [0.15, 0.2) is 0 Å². The number of piperidine rings is 1. The zero-order valence-corrected chi connectivity index (χ0v) is 8.49. The van der Waals surface area contributed by atoms with Crippen LogP contribution >= 0.6 is 0 Å². The van der Waals surface area contributed by atoms with E-state index >= 15 is 0 Å². The van der Waals surface area contributed by atoms with Crippen molar-refractivity contribution in [3.05, 3.63) is 24.3 Å². The monoisotopic (exact) mass is 207 g/mol. The van der Waals surface area contributed by atoms with Crippen molar-refractivity contribution in [3.8, 4) is 0 Å². The standard InChI is InChI=1S/C11H14FN3/c12-9-3-10(6-14-5-9)15-7-8-4-13-2-1-11(8)15/h3,5-6,8,11,13H,1-2,4,7H2/t8-,11-/m1/s1. The van der Waals surface area contributed by atoms with Crippen molar-refractivity contribution < 1.29 is 4.39 Å². The molecule has 2 saturated heterocycles. The number of aromatic nitrogens is 1. The Bertz CT molecular complexity index is 369. The molecule has 2 atom stereocenters. The van der Waals surface area contributed by atoms with Crippen molar-refractivity contribution in [2.24, 2.45) is 5.92 Å². The van der Waals surface area contributed by atoms with Gasteiger partial charge in [-0.05, 0) is 13.0 Å². The van der Waals surface area contributed by atoms with Crippen LogP contribution in [0.5, 0.6) is 0 Å². The summed E-state index contributed by atoms with van der Waals surface area (Å²) in [4.78, 5) is 6.16. The van der Waals surface area contributed by atoms with E-state index in [4.69, 9.17) is 0 Å². The lowest BCUT2D eigenvalue weighted by Crippen LogP contribution is -2.63. The summed E-state index contributed by atoms with van der Waals surface area (Å²) in [5.74, 6) is 0.493. The Morgan fingerprint density at radius 2 is 2.40 bits per heavy atom. The predicted molar refractivity (Wildman–Crippen MR) is 56.3 cm³/mol. The Balaban J connectivity index is 1.79. The van der Waals surface area contributed by atoms with Crippen LogP contribution in [0.4, 0.5) is 10.1 Å². The highest BCUT2D eigenvalue weighted by Gasteiger charge is 2.40. The molecule has 0 radical (unpaired) electrons. The minimum absolute atomic E-state index is 0.245. The minimum atomic E-state index is -0.245. The average molecular weight is 207 g/mol. The molecule has 1 aromatic rings. The smallest absolute Gasteiger partial charge is 0.143 e. The molecule has 15 heavy (non-hydrogen) atoms. The van der Waals surface area contributed by atoms with Crippen molar-refractivity contribution in [3.63, 3.8) is 0 Å². The van der Waals surface area contributed by atoms with Gasteiger partial charge >= 0.3 is 0 Å². The summed E-state index contributed by atoms with van der Waals surface area (Å²) in [6.45, 7) is 3.20. The first kappa shape index (κ1) is 9.09. The minimum Gasteiger partial charge on any atom is -0.366 e. The number of hydrogen-bond donors (Lipinski definition) is 1. The third kappa shape index (κ3) is 1.49. The molecule has 3 heterocycles. The number of fused-ring (bicyclic) bond motifs is 1. The Morgan fingerprint density at radius 1 is 1.47 bits per heavy atom. The zero-order chi connectivity index (χ0) is 10.3. The first-order valence-corrected chi connectivity index (χ1v) is 5.42. The number of pyridine rings is 1. The van der Waals surface area contributed by atoms with E-state index in [-0.39, 0.29) is 5.82 Å². The largest absolute Gasteiger partial charge is 0.366 e. The number of hydrogen-bond acceptors (Lipinski definition) is 3. The Labute approximate surface area is 88.3 Å². The molecule has 0 unspecified atom stereocenters. The molecule has 3 rings (SSSR count). The molecule has 1 N–H and O–H groups in total. The maximum atomic E-state index is 13.0. The molecule has 2 aliphatic heterocycles. The topological polar surface area (TPSA) is 28.2 Å². The quantitative estimate of drug-likeness (QED) is 0.745. The van der Waals surface area contributed by atoms with E-state index in [9.17, 15) is 4.39 Å². The van der Waals surface area contributed by atoms with Crippen LogP contribution < -0.4 is 10.2 Å². The molecule has 2 aliphatic rings. The SMILES string of the molecule is Fc1cncc(N2C[C@H]3CNCC[C@H]32)c1. The second kappa shape index (κ2) is 3.45. The van der Waals surface area contributed by atoms with Crippen molar-refractivity contribution in [2.45, 2.75) is 12.5 Å². The molecule has 0 spiro atoms. The summed E-state index contributed by atoms with van der Waals surface area (Å²) >= 11 is 0. The van der Waals surface area contributed by atoms with Crippen LogP contribution in [0, 0.1) is 11.7 Å². The lowest BCUT2D eigenvalue weighted by molar-refractivity contribution is 0.230. The normalized spacial score (nSPS) is 29.5. The number of rotatable bonds is 1. The van der Waals surface area contributed by atoms with Crippen LogP contribution in [0.25, 0.3) is 0 Å². The Hall–Kier alpha value is -1.16.